The number of hydrogen-bond acceptors (Lipinski definition) is 4. The lowest BCUT2D eigenvalue weighted by atomic mass is 9.99. The highest BCUT2D eigenvalue weighted by Gasteiger charge is 2.19. The van der Waals surface area contributed by atoms with E-state index in [1.807, 2.05) is 22.8 Å². The zero-order valence-electron chi connectivity index (χ0n) is 14.6. The molecule has 1 aromatic heterocycles. The molecule has 4 rings (SSSR count). The summed E-state index contributed by atoms with van der Waals surface area (Å²) in [7, 11) is 1.43. The van der Waals surface area contributed by atoms with E-state index in [2.05, 4.69) is 10.3 Å². The van der Waals surface area contributed by atoms with Gasteiger partial charge in [0.25, 0.3) is 5.91 Å². The summed E-state index contributed by atoms with van der Waals surface area (Å²) in [5.74, 6) is -0.291. The van der Waals surface area contributed by atoms with E-state index in [9.17, 15) is 14.7 Å². The molecule has 2 N–H and O–H groups in total. The molecule has 1 amide bonds. The van der Waals surface area contributed by atoms with Crippen LogP contribution in [0, 0.1) is 0 Å². The van der Waals surface area contributed by atoms with Crippen LogP contribution in [0.5, 0.6) is 5.75 Å². The highest BCUT2D eigenvalue weighted by atomic mass is 16.5. The van der Waals surface area contributed by atoms with Crippen LogP contribution >= 0.6 is 0 Å². The first-order valence-corrected chi connectivity index (χ1v) is 8.45. The fourth-order valence-electron chi connectivity index (χ4n) is 3.29. The summed E-state index contributed by atoms with van der Waals surface area (Å²) < 4.78 is 6.94. The summed E-state index contributed by atoms with van der Waals surface area (Å²) in [5, 5.41) is 12.3. The van der Waals surface area contributed by atoms with Crippen molar-refractivity contribution in [3.05, 3.63) is 65.5 Å². The van der Waals surface area contributed by atoms with Crippen LogP contribution in [0.3, 0.4) is 0 Å². The van der Waals surface area contributed by atoms with E-state index in [-0.39, 0.29) is 17.2 Å². The molecule has 136 valence electrons. The van der Waals surface area contributed by atoms with Crippen LogP contribution in [0.1, 0.15) is 26.3 Å². The van der Waals surface area contributed by atoms with E-state index in [0.717, 1.165) is 17.7 Å². The van der Waals surface area contributed by atoms with Gasteiger partial charge in [-0.1, -0.05) is 6.07 Å². The summed E-state index contributed by atoms with van der Waals surface area (Å²) in [6.45, 7) is 0.644. The number of imidazole rings is 1. The highest BCUT2D eigenvalue weighted by Crippen LogP contribution is 2.28. The maximum Gasteiger partial charge on any atom is 0.339 e. The van der Waals surface area contributed by atoms with Gasteiger partial charge in [0.05, 0.1) is 7.11 Å². The third kappa shape index (κ3) is 2.93. The number of amides is 1. The molecule has 0 bridgehead atoms. The van der Waals surface area contributed by atoms with E-state index in [4.69, 9.17) is 4.74 Å². The average molecular weight is 363 g/mol. The van der Waals surface area contributed by atoms with Gasteiger partial charge in [0.2, 0.25) is 0 Å². The Kier molecular flexibility index (Phi) is 4.12. The Morgan fingerprint density at radius 2 is 2.11 bits per heavy atom. The molecule has 0 aliphatic carbocycles. The van der Waals surface area contributed by atoms with Crippen LogP contribution in [0.2, 0.25) is 0 Å². The van der Waals surface area contributed by atoms with Crippen molar-refractivity contribution in [1.29, 1.82) is 0 Å². The Hall–Kier alpha value is -3.61. The predicted octanol–water partition coefficient (Wildman–Crippen LogP) is 2.53. The quantitative estimate of drug-likeness (QED) is 0.743. The fraction of sp³-hybridized carbons (Fsp3) is 0.150. The van der Waals surface area contributed by atoms with Gasteiger partial charge in [0.15, 0.2) is 0 Å². The molecule has 7 nitrogen and oxygen atoms in total. The second-order valence-corrected chi connectivity index (χ2v) is 6.19. The van der Waals surface area contributed by atoms with E-state index < -0.39 is 5.97 Å². The van der Waals surface area contributed by atoms with Gasteiger partial charge in [-0.15, -0.1) is 0 Å². The van der Waals surface area contributed by atoms with Crippen molar-refractivity contribution < 1.29 is 19.4 Å². The second kappa shape index (κ2) is 6.60. The van der Waals surface area contributed by atoms with Crippen molar-refractivity contribution >= 4 is 11.9 Å². The molecule has 0 fully saturated rings. The van der Waals surface area contributed by atoms with Crippen molar-refractivity contribution in [1.82, 2.24) is 14.9 Å². The molecule has 0 atom stereocenters. The van der Waals surface area contributed by atoms with Crippen LogP contribution in [-0.4, -0.2) is 40.2 Å². The Bertz CT molecular complexity index is 1000. The van der Waals surface area contributed by atoms with Crippen molar-refractivity contribution in [3.8, 4) is 22.8 Å². The molecule has 0 spiro atoms. The lowest BCUT2D eigenvalue weighted by molar-refractivity contribution is 0.0693. The monoisotopic (exact) mass is 363 g/mol. The zero-order valence-corrected chi connectivity index (χ0v) is 14.6. The molecule has 2 aromatic carbocycles. The van der Waals surface area contributed by atoms with Crippen LogP contribution in [-0.2, 0) is 6.42 Å². The standard InChI is InChI=1S/C20H17N3O4/c1-27-17-5-3-13(10-16(17)20(25)26)18-21-8-9-23(18)14-4-2-12-6-7-22-19(24)15(12)11-14/h2-5,8-11H,6-7H2,1H3,(H,22,24)(H,25,26). The third-order valence-corrected chi connectivity index (χ3v) is 4.62. The fourth-order valence-corrected chi connectivity index (χ4v) is 3.29. The number of aromatic carboxylic acids is 1. The molecule has 27 heavy (non-hydrogen) atoms. The minimum atomic E-state index is -1.07. The number of rotatable bonds is 4. The van der Waals surface area contributed by atoms with Crippen molar-refractivity contribution in [3.63, 3.8) is 0 Å². The van der Waals surface area contributed by atoms with Gasteiger partial charge in [-0.05, 0) is 42.3 Å². The maximum absolute atomic E-state index is 12.1. The summed E-state index contributed by atoms with van der Waals surface area (Å²) in [6, 6.07) is 10.6. The Labute approximate surface area is 155 Å². The van der Waals surface area contributed by atoms with Gasteiger partial charge in [0.1, 0.15) is 17.1 Å². The second-order valence-electron chi connectivity index (χ2n) is 6.19. The third-order valence-electron chi connectivity index (χ3n) is 4.62. The van der Waals surface area contributed by atoms with Gasteiger partial charge in [-0.25, -0.2) is 9.78 Å². The lowest BCUT2D eigenvalue weighted by Gasteiger charge is -2.18. The molecule has 1 aliphatic heterocycles. The molecule has 0 radical (unpaired) electrons. The molecule has 2 heterocycles. The van der Waals surface area contributed by atoms with Crippen LogP contribution in [0.25, 0.3) is 17.1 Å². The van der Waals surface area contributed by atoms with E-state index in [1.165, 1.54) is 13.2 Å². The van der Waals surface area contributed by atoms with Gasteiger partial charge >= 0.3 is 5.97 Å². The van der Waals surface area contributed by atoms with Crippen molar-refractivity contribution in [2.45, 2.75) is 6.42 Å². The van der Waals surface area contributed by atoms with Crippen molar-refractivity contribution in [2.75, 3.05) is 13.7 Å². The number of methoxy groups -OCH3 is 1. The largest absolute Gasteiger partial charge is 0.496 e. The summed E-state index contributed by atoms with van der Waals surface area (Å²) in [5.41, 5.74) is 3.15. The number of carbonyl (C=O) groups is 2. The molecule has 0 saturated carbocycles. The first-order chi connectivity index (χ1) is 13.1. The summed E-state index contributed by atoms with van der Waals surface area (Å²) in [4.78, 5) is 28.0. The number of nitrogens with zero attached hydrogens (tertiary/aromatic N) is 2. The number of carboxylic acid groups (broad SMARTS) is 1. The molecule has 0 saturated heterocycles. The molecule has 7 heteroatoms. The Morgan fingerprint density at radius 1 is 1.26 bits per heavy atom. The van der Waals surface area contributed by atoms with Crippen molar-refractivity contribution in [2.24, 2.45) is 0 Å². The van der Waals surface area contributed by atoms with E-state index in [0.29, 0.717) is 23.5 Å². The predicted molar refractivity (Wildman–Crippen MR) is 98.5 cm³/mol. The minimum Gasteiger partial charge on any atom is -0.496 e. The highest BCUT2D eigenvalue weighted by molar-refractivity contribution is 5.97. The number of hydrogen-bond donors (Lipinski definition) is 2. The number of aromatic nitrogens is 2. The van der Waals surface area contributed by atoms with E-state index >= 15 is 0 Å². The number of ether oxygens (including phenoxy) is 1. The number of fused-ring (bicyclic) bond motifs is 1. The molecule has 3 aromatic rings. The normalized spacial score (nSPS) is 13.0. The van der Waals surface area contributed by atoms with Gasteiger partial charge in [-0.3, -0.25) is 9.36 Å². The minimum absolute atomic E-state index is 0.0642. The average Bonchev–Trinajstić information content (AvgIpc) is 3.17. The molecular weight excluding hydrogens is 346 g/mol. The molecule has 0 unspecified atom stereocenters. The first kappa shape index (κ1) is 16.8. The number of benzene rings is 2. The SMILES string of the molecule is COc1ccc(-c2nccn2-c2ccc3c(c2)C(=O)NCC3)cc1C(=O)O. The molecular formula is C20H17N3O4. The lowest BCUT2D eigenvalue weighted by Crippen LogP contribution is -2.31. The topological polar surface area (TPSA) is 93.5 Å². The smallest absolute Gasteiger partial charge is 0.339 e. The molecule has 1 aliphatic rings. The maximum atomic E-state index is 12.1. The number of nitrogens with one attached hydrogen (secondary N) is 1. The van der Waals surface area contributed by atoms with Gasteiger partial charge < -0.3 is 15.2 Å². The van der Waals surface area contributed by atoms with Gasteiger partial charge in [-0.2, -0.15) is 0 Å². The summed E-state index contributed by atoms with van der Waals surface area (Å²) >= 11 is 0. The number of carbonyl (C=O) groups excluding carboxylic acids is 1. The van der Waals surface area contributed by atoms with Crippen LogP contribution in [0.15, 0.2) is 48.8 Å². The van der Waals surface area contributed by atoms with Crippen LogP contribution < -0.4 is 10.1 Å². The first-order valence-electron chi connectivity index (χ1n) is 8.45. The van der Waals surface area contributed by atoms with Gasteiger partial charge in [0, 0.05) is 35.8 Å². The van der Waals surface area contributed by atoms with Crippen LogP contribution in [0.4, 0.5) is 0 Å². The number of carboxylic acids is 1. The van der Waals surface area contributed by atoms with E-state index in [1.54, 1.807) is 24.5 Å². The summed E-state index contributed by atoms with van der Waals surface area (Å²) in [6.07, 6.45) is 4.22. The Balaban J connectivity index is 1.81. The zero-order chi connectivity index (χ0) is 19.0. The Morgan fingerprint density at radius 3 is 2.89 bits per heavy atom.